The Balaban J connectivity index is 1.73. The number of hydrogen-bond donors (Lipinski definition) is 1. The summed E-state index contributed by atoms with van der Waals surface area (Å²) in [5, 5.41) is 5.17. The molecule has 0 aliphatic rings. The van der Waals surface area contributed by atoms with Crippen molar-refractivity contribution in [1.82, 2.24) is 10.3 Å². The Labute approximate surface area is 142 Å². The molecule has 3 aromatic rings. The molecule has 0 aliphatic carbocycles. The molecule has 3 rings (SSSR count). The molecule has 0 aliphatic heterocycles. The highest BCUT2D eigenvalue weighted by Gasteiger charge is 2.16. The highest BCUT2D eigenvalue weighted by Crippen LogP contribution is 2.24. The Kier molecular flexibility index (Phi) is 4.66. The normalized spacial score (nSPS) is 12.0. The fourth-order valence-corrected chi connectivity index (χ4v) is 3.03. The molecule has 1 N–H and O–H groups in total. The molecule has 0 bridgehead atoms. The van der Waals surface area contributed by atoms with Gasteiger partial charge in [-0.15, -0.1) is 11.3 Å². The summed E-state index contributed by atoms with van der Waals surface area (Å²) in [5.74, 6) is -2.21. The van der Waals surface area contributed by atoms with Crippen LogP contribution in [0, 0.1) is 11.6 Å². The van der Waals surface area contributed by atoms with Crippen molar-refractivity contribution in [2.45, 2.75) is 13.0 Å². The molecule has 6 heteroatoms. The van der Waals surface area contributed by atoms with Gasteiger partial charge in [0.15, 0.2) is 11.6 Å². The molecule has 0 saturated heterocycles. The number of benzene rings is 2. The number of nitrogens with one attached hydrogen (secondary N) is 1. The Morgan fingerprint density at radius 3 is 2.58 bits per heavy atom. The second kappa shape index (κ2) is 6.88. The molecule has 1 unspecified atom stereocenters. The van der Waals surface area contributed by atoms with E-state index in [4.69, 9.17) is 0 Å². The molecule has 0 fully saturated rings. The van der Waals surface area contributed by atoms with Gasteiger partial charge in [-0.2, -0.15) is 0 Å². The lowest BCUT2D eigenvalue weighted by Crippen LogP contribution is -2.27. The minimum atomic E-state index is -0.936. The standard InChI is InChI=1S/C18H14F2N2OS/c1-11(13-7-8-14(19)15(20)9-13)21-17(23)16-10-24-18(22-16)12-5-3-2-4-6-12/h2-11H,1H3,(H,21,23). The molecule has 24 heavy (non-hydrogen) atoms. The zero-order valence-electron chi connectivity index (χ0n) is 12.8. The van der Waals surface area contributed by atoms with Crippen molar-refractivity contribution in [1.29, 1.82) is 0 Å². The molecular formula is C18H14F2N2OS. The van der Waals surface area contributed by atoms with Gasteiger partial charge in [0.2, 0.25) is 0 Å². The number of amides is 1. The lowest BCUT2D eigenvalue weighted by atomic mass is 10.1. The first kappa shape index (κ1) is 16.3. The van der Waals surface area contributed by atoms with E-state index in [0.717, 1.165) is 22.7 Å². The highest BCUT2D eigenvalue weighted by molar-refractivity contribution is 7.13. The predicted molar refractivity (Wildman–Crippen MR) is 89.8 cm³/mol. The van der Waals surface area contributed by atoms with Gasteiger partial charge in [-0.25, -0.2) is 13.8 Å². The first-order valence-electron chi connectivity index (χ1n) is 7.31. The van der Waals surface area contributed by atoms with Crippen LogP contribution in [0.5, 0.6) is 0 Å². The van der Waals surface area contributed by atoms with Crippen LogP contribution in [0.1, 0.15) is 29.0 Å². The number of carbonyl (C=O) groups excluding carboxylic acids is 1. The Morgan fingerprint density at radius 1 is 1.12 bits per heavy atom. The molecule has 1 heterocycles. The van der Waals surface area contributed by atoms with Crippen molar-refractivity contribution >= 4 is 17.2 Å². The van der Waals surface area contributed by atoms with Gasteiger partial charge in [0.1, 0.15) is 10.7 Å². The number of nitrogens with zero attached hydrogens (tertiary/aromatic N) is 1. The average molecular weight is 344 g/mol. The second-order valence-electron chi connectivity index (χ2n) is 5.27. The van der Waals surface area contributed by atoms with Crippen molar-refractivity contribution < 1.29 is 13.6 Å². The van der Waals surface area contributed by atoms with Gasteiger partial charge in [-0.1, -0.05) is 36.4 Å². The highest BCUT2D eigenvalue weighted by atomic mass is 32.1. The molecule has 0 saturated carbocycles. The summed E-state index contributed by atoms with van der Waals surface area (Å²) in [6, 6.07) is 12.7. The third kappa shape index (κ3) is 3.49. The van der Waals surface area contributed by atoms with Crippen LogP contribution in [0.2, 0.25) is 0 Å². The topological polar surface area (TPSA) is 42.0 Å². The van der Waals surface area contributed by atoms with Crippen molar-refractivity contribution in [3.05, 3.63) is 76.8 Å². The van der Waals surface area contributed by atoms with Gasteiger partial charge in [-0.05, 0) is 24.6 Å². The summed E-state index contributed by atoms with van der Waals surface area (Å²) >= 11 is 1.38. The fourth-order valence-electron chi connectivity index (χ4n) is 2.23. The quantitative estimate of drug-likeness (QED) is 0.753. The summed E-state index contributed by atoms with van der Waals surface area (Å²) in [6.07, 6.45) is 0. The van der Waals surface area contributed by atoms with E-state index in [2.05, 4.69) is 10.3 Å². The Hall–Kier alpha value is -2.60. The molecule has 3 nitrogen and oxygen atoms in total. The van der Waals surface area contributed by atoms with Crippen LogP contribution in [0.15, 0.2) is 53.9 Å². The van der Waals surface area contributed by atoms with E-state index in [-0.39, 0.29) is 5.91 Å². The maximum absolute atomic E-state index is 13.3. The zero-order chi connectivity index (χ0) is 17.1. The Morgan fingerprint density at radius 2 is 1.88 bits per heavy atom. The zero-order valence-corrected chi connectivity index (χ0v) is 13.6. The summed E-state index contributed by atoms with van der Waals surface area (Å²) in [6.45, 7) is 1.70. The molecular weight excluding hydrogens is 330 g/mol. The summed E-state index contributed by atoms with van der Waals surface area (Å²) in [4.78, 5) is 16.6. The molecule has 122 valence electrons. The average Bonchev–Trinajstić information content (AvgIpc) is 3.08. The van der Waals surface area contributed by atoms with Crippen molar-refractivity contribution in [2.75, 3.05) is 0 Å². The second-order valence-corrected chi connectivity index (χ2v) is 6.13. The van der Waals surface area contributed by atoms with Crippen molar-refractivity contribution in [3.8, 4) is 10.6 Å². The summed E-state index contributed by atoms with van der Waals surface area (Å²) < 4.78 is 26.3. The number of hydrogen-bond acceptors (Lipinski definition) is 3. The van der Waals surface area contributed by atoms with Crippen LogP contribution < -0.4 is 5.32 Å². The largest absolute Gasteiger partial charge is 0.344 e. The van der Waals surface area contributed by atoms with E-state index in [9.17, 15) is 13.6 Å². The van der Waals surface area contributed by atoms with Crippen molar-refractivity contribution in [2.24, 2.45) is 0 Å². The number of aromatic nitrogens is 1. The van der Waals surface area contributed by atoms with E-state index in [1.165, 1.54) is 17.4 Å². The third-order valence-corrected chi connectivity index (χ3v) is 4.44. The van der Waals surface area contributed by atoms with Crippen LogP contribution >= 0.6 is 11.3 Å². The number of carbonyl (C=O) groups is 1. The van der Waals surface area contributed by atoms with Gasteiger partial charge in [0, 0.05) is 10.9 Å². The van der Waals surface area contributed by atoms with Crippen LogP contribution in [0.4, 0.5) is 8.78 Å². The predicted octanol–water partition coefficient (Wildman–Crippen LogP) is 4.58. The summed E-state index contributed by atoms with van der Waals surface area (Å²) in [7, 11) is 0. The molecule has 1 aromatic heterocycles. The lowest BCUT2D eigenvalue weighted by Gasteiger charge is -2.13. The number of halogens is 2. The number of thiazole rings is 1. The van der Waals surface area contributed by atoms with Gasteiger partial charge in [0.05, 0.1) is 6.04 Å². The molecule has 2 aromatic carbocycles. The molecule has 1 amide bonds. The first-order valence-corrected chi connectivity index (χ1v) is 8.19. The maximum Gasteiger partial charge on any atom is 0.271 e. The number of rotatable bonds is 4. The van der Waals surface area contributed by atoms with E-state index in [1.54, 1.807) is 12.3 Å². The van der Waals surface area contributed by atoms with Crippen LogP contribution in [-0.4, -0.2) is 10.9 Å². The van der Waals surface area contributed by atoms with Gasteiger partial charge in [-0.3, -0.25) is 4.79 Å². The fraction of sp³-hybridized carbons (Fsp3) is 0.111. The van der Waals surface area contributed by atoms with Crippen LogP contribution in [0.25, 0.3) is 10.6 Å². The smallest absolute Gasteiger partial charge is 0.271 e. The minimum Gasteiger partial charge on any atom is -0.344 e. The van der Waals surface area contributed by atoms with Gasteiger partial charge in [0.25, 0.3) is 5.91 Å². The maximum atomic E-state index is 13.3. The van der Waals surface area contributed by atoms with Crippen LogP contribution in [-0.2, 0) is 0 Å². The molecule has 0 spiro atoms. The SMILES string of the molecule is CC(NC(=O)c1csc(-c2ccccc2)n1)c1ccc(F)c(F)c1. The van der Waals surface area contributed by atoms with E-state index < -0.39 is 17.7 Å². The summed E-state index contributed by atoms with van der Waals surface area (Å²) in [5.41, 5.74) is 1.73. The monoisotopic (exact) mass is 344 g/mol. The first-order chi connectivity index (χ1) is 11.5. The van der Waals surface area contributed by atoms with Crippen LogP contribution in [0.3, 0.4) is 0 Å². The Bertz CT molecular complexity index is 864. The molecule has 1 atom stereocenters. The minimum absolute atomic E-state index is 0.299. The van der Waals surface area contributed by atoms with E-state index in [0.29, 0.717) is 11.3 Å². The van der Waals surface area contributed by atoms with Gasteiger partial charge < -0.3 is 5.32 Å². The molecule has 0 radical (unpaired) electrons. The lowest BCUT2D eigenvalue weighted by molar-refractivity contribution is 0.0935. The van der Waals surface area contributed by atoms with Crippen molar-refractivity contribution in [3.63, 3.8) is 0 Å². The third-order valence-electron chi connectivity index (χ3n) is 3.55. The van der Waals surface area contributed by atoms with Gasteiger partial charge >= 0.3 is 0 Å². The van der Waals surface area contributed by atoms with E-state index >= 15 is 0 Å². The van der Waals surface area contributed by atoms with E-state index in [1.807, 2.05) is 30.3 Å².